The number of aliphatic carboxylic acids is 1. The first-order chi connectivity index (χ1) is 16.3. The van der Waals surface area contributed by atoms with Crippen LogP contribution >= 0.6 is 0 Å². The fourth-order valence-electron chi connectivity index (χ4n) is 4.72. The molecule has 1 aromatic carbocycles. The van der Waals surface area contributed by atoms with Crippen LogP contribution in [0.4, 0.5) is 10.1 Å². The van der Waals surface area contributed by atoms with Gasteiger partial charge in [-0.25, -0.2) is 4.39 Å². The lowest BCUT2D eigenvalue weighted by molar-refractivity contribution is -0.138. The molecule has 10 nitrogen and oxygen atoms in total. The van der Waals surface area contributed by atoms with E-state index in [1.54, 1.807) is 0 Å². The number of hydrogen-bond donors (Lipinski definition) is 2. The summed E-state index contributed by atoms with van der Waals surface area (Å²) in [7, 11) is 0. The van der Waals surface area contributed by atoms with Gasteiger partial charge in [0, 0.05) is 39.0 Å². The molecule has 2 saturated heterocycles. The van der Waals surface area contributed by atoms with E-state index in [9.17, 15) is 28.4 Å². The molecule has 182 valence electrons. The summed E-state index contributed by atoms with van der Waals surface area (Å²) in [5.74, 6) is -3.93. The Labute approximate surface area is 195 Å². The van der Waals surface area contributed by atoms with Crippen LogP contribution in [0.5, 0.6) is 0 Å². The van der Waals surface area contributed by atoms with Crippen molar-refractivity contribution in [1.82, 2.24) is 15.1 Å². The average Bonchev–Trinajstić information content (AvgIpc) is 3.03. The van der Waals surface area contributed by atoms with Crippen LogP contribution in [0.25, 0.3) is 0 Å². The van der Waals surface area contributed by atoms with Crippen LogP contribution in [-0.2, 0) is 14.4 Å². The Kier molecular flexibility index (Phi) is 6.92. The second kappa shape index (κ2) is 9.88. The van der Waals surface area contributed by atoms with Crippen LogP contribution in [0.15, 0.2) is 12.1 Å². The molecule has 0 spiro atoms. The molecule has 4 amide bonds. The molecule has 0 aromatic heterocycles. The van der Waals surface area contributed by atoms with Crippen molar-refractivity contribution in [3.05, 3.63) is 29.1 Å². The number of halogens is 1. The van der Waals surface area contributed by atoms with E-state index >= 15 is 0 Å². The number of carboxylic acid groups (broad SMARTS) is 1. The third-order valence-corrected chi connectivity index (χ3v) is 6.59. The summed E-state index contributed by atoms with van der Waals surface area (Å²) in [6.45, 7) is 3.33. The second-order valence-corrected chi connectivity index (χ2v) is 8.83. The maximum absolute atomic E-state index is 15.0. The smallest absolute Gasteiger partial charge is 0.303 e. The van der Waals surface area contributed by atoms with Crippen LogP contribution in [0.1, 0.15) is 59.2 Å². The van der Waals surface area contributed by atoms with E-state index in [0.717, 1.165) is 30.4 Å². The van der Waals surface area contributed by atoms with Gasteiger partial charge in [0.1, 0.15) is 11.9 Å². The standard InChI is InChI=1S/C23H27FN4O6/c24-16-12-14-15(23(34)28(22(14)33)17-5-6-19(29)25-21(17)32)13-18(16)27-10-8-26(9-11-27)7-3-1-2-4-20(30)31/h12-13,17H,1-11H2,(H,30,31)(H,25,29,32). The van der Waals surface area contributed by atoms with E-state index in [0.29, 0.717) is 32.6 Å². The fourth-order valence-corrected chi connectivity index (χ4v) is 4.72. The predicted molar refractivity (Wildman–Crippen MR) is 118 cm³/mol. The zero-order valence-electron chi connectivity index (χ0n) is 18.7. The number of nitrogens with one attached hydrogen (secondary N) is 1. The third-order valence-electron chi connectivity index (χ3n) is 6.59. The number of amides is 4. The number of piperazine rings is 1. The van der Waals surface area contributed by atoms with Gasteiger partial charge in [0.15, 0.2) is 0 Å². The number of rotatable bonds is 8. The molecule has 0 aliphatic carbocycles. The summed E-state index contributed by atoms with van der Waals surface area (Å²) in [6, 6.07) is 1.36. The fraction of sp³-hybridized carbons (Fsp3) is 0.522. The minimum Gasteiger partial charge on any atom is -0.481 e. The number of piperidine rings is 1. The van der Waals surface area contributed by atoms with Crippen LogP contribution in [0.3, 0.4) is 0 Å². The SMILES string of the molecule is O=C(O)CCCCCN1CCN(c2cc3c(cc2F)C(=O)N(C2CCC(=O)NC2=O)C3=O)CC1. The molecule has 0 saturated carbocycles. The number of hydrogen-bond acceptors (Lipinski definition) is 7. The third kappa shape index (κ3) is 4.79. The van der Waals surface area contributed by atoms with E-state index in [2.05, 4.69) is 10.2 Å². The highest BCUT2D eigenvalue weighted by atomic mass is 19.1. The largest absolute Gasteiger partial charge is 0.481 e. The Morgan fingerprint density at radius 3 is 2.32 bits per heavy atom. The van der Waals surface area contributed by atoms with Crippen LogP contribution < -0.4 is 10.2 Å². The summed E-state index contributed by atoms with van der Waals surface area (Å²) < 4.78 is 15.0. The number of nitrogens with zero attached hydrogens (tertiary/aromatic N) is 3. The Balaban J connectivity index is 1.39. The molecule has 4 rings (SSSR count). The summed E-state index contributed by atoms with van der Waals surface area (Å²) in [6.07, 6.45) is 2.63. The molecule has 34 heavy (non-hydrogen) atoms. The first-order valence-corrected chi connectivity index (χ1v) is 11.5. The summed E-state index contributed by atoms with van der Waals surface area (Å²) in [5, 5.41) is 10.8. The van der Waals surface area contributed by atoms with Crippen LogP contribution in [0, 0.1) is 5.82 Å². The topological polar surface area (TPSA) is 127 Å². The number of carbonyl (C=O) groups excluding carboxylic acids is 4. The number of benzene rings is 1. The van der Waals surface area contributed by atoms with Crippen molar-refractivity contribution in [3.8, 4) is 0 Å². The predicted octanol–water partition coefficient (Wildman–Crippen LogP) is 0.994. The molecule has 1 atom stereocenters. The zero-order valence-corrected chi connectivity index (χ0v) is 18.7. The highest BCUT2D eigenvalue weighted by molar-refractivity contribution is 6.23. The van der Waals surface area contributed by atoms with Gasteiger partial charge in [0.05, 0.1) is 16.8 Å². The molecule has 3 aliphatic heterocycles. The molecular formula is C23H27FN4O6. The van der Waals surface area contributed by atoms with Gasteiger partial charge in [0.25, 0.3) is 11.8 Å². The van der Waals surface area contributed by atoms with Gasteiger partial charge < -0.3 is 10.0 Å². The lowest BCUT2D eigenvalue weighted by Gasteiger charge is -2.36. The molecule has 2 N–H and O–H groups in total. The maximum atomic E-state index is 15.0. The molecule has 2 fully saturated rings. The van der Waals surface area contributed by atoms with E-state index in [1.807, 2.05) is 4.90 Å². The monoisotopic (exact) mass is 474 g/mol. The zero-order chi connectivity index (χ0) is 24.4. The van der Waals surface area contributed by atoms with Gasteiger partial charge in [0.2, 0.25) is 11.8 Å². The van der Waals surface area contributed by atoms with E-state index in [-0.39, 0.29) is 36.1 Å². The van der Waals surface area contributed by atoms with Crippen LogP contribution in [-0.4, -0.2) is 83.3 Å². The van der Waals surface area contributed by atoms with Gasteiger partial charge in [-0.05, 0) is 37.9 Å². The summed E-state index contributed by atoms with van der Waals surface area (Å²) >= 11 is 0. The number of imide groups is 2. The first kappa shape index (κ1) is 23.8. The number of carboxylic acids is 1. The van der Waals surface area contributed by atoms with E-state index in [4.69, 9.17) is 5.11 Å². The number of unbranched alkanes of at least 4 members (excludes halogenated alkanes) is 2. The van der Waals surface area contributed by atoms with Gasteiger partial charge >= 0.3 is 5.97 Å². The Morgan fingerprint density at radius 2 is 1.68 bits per heavy atom. The van der Waals surface area contributed by atoms with Gasteiger partial charge in [-0.2, -0.15) is 0 Å². The van der Waals surface area contributed by atoms with Gasteiger partial charge in [-0.3, -0.25) is 39.1 Å². The lowest BCUT2D eigenvalue weighted by atomic mass is 10.0. The number of anilines is 1. The molecule has 0 bridgehead atoms. The summed E-state index contributed by atoms with van der Waals surface area (Å²) in [4.78, 5) is 64.9. The maximum Gasteiger partial charge on any atom is 0.303 e. The van der Waals surface area contributed by atoms with Crippen molar-refractivity contribution in [2.24, 2.45) is 0 Å². The summed E-state index contributed by atoms with van der Waals surface area (Å²) in [5.41, 5.74) is 0.231. The lowest BCUT2D eigenvalue weighted by Crippen LogP contribution is -2.54. The van der Waals surface area contributed by atoms with Crippen molar-refractivity contribution in [1.29, 1.82) is 0 Å². The minimum atomic E-state index is -1.09. The highest BCUT2D eigenvalue weighted by Gasteiger charge is 2.45. The van der Waals surface area contributed by atoms with Gasteiger partial charge in [-0.1, -0.05) is 6.42 Å². The van der Waals surface area contributed by atoms with Crippen molar-refractivity contribution in [3.63, 3.8) is 0 Å². The van der Waals surface area contributed by atoms with Gasteiger partial charge in [-0.15, -0.1) is 0 Å². The number of carbonyl (C=O) groups is 5. The van der Waals surface area contributed by atoms with Crippen molar-refractivity contribution < 1.29 is 33.5 Å². The van der Waals surface area contributed by atoms with Crippen molar-refractivity contribution in [2.45, 2.75) is 44.6 Å². The molecule has 1 aromatic rings. The normalized spacial score (nSPS) is 21.1. The molecule has 3 aliphatic rings. The molecule has 11 heteroatoms. The Hall–Kier alpha value is -3.34. The van der Waals surface area contributed by atoms with E-state index in [1.165, 1.54) is 6.07 Å². The average molecular weight is 474 g/mol. The Morgan fingerprint density at radius 1 is 1.00 bits per heavy atom. The highest BCUT2D eigenvalue weighted by Crippen LogP contribution is 2.33. The minimum absolute atomic E-state index is 0.0211. The molecular weight excluding hydrogens is 447 g/mol. The number of fused-ring (bicyclic) bond motifs is 1. The Bertz CT molecular complexity index is 1040. The molecule has 1 unspecified atom stereocenters. The molecule has 3 heterocycles. The van der Waals surface area contributed by atoms with E-state index < -0.39 is 41.5 Å². The first-order valence-electron chi connectivity index (χ1n) is 11.5. The van der Waals surface area contributed by atoms with Crippen LogP contribution in [0.2, 0.25) is 0 Å². The quantitative estimate of drug-likeness (QED) is 0.422. The molecule has 0 radical (unpaired) electrons. The van der Waals surface area contributed by atoms with Crippen molar-refractivity contribution in [2.75, 3.05) is 37.6 Å². The second-order valence-electron chi connectivity index (χ2n) is 8.83. The van der Waals surface area contributed by atoms with Crippen molar-refractivity contribution >= 4 is 35.3 Å².